The molecule has 106 valence electrons. The molecular weight excluding hydrogens is 264 g/mol. The van der Waals surface area contributed by atoms with E-state index in [1.54, 1.807) is 12.1 Å². The first-order valence-corrected chi connectivity index (χ1v) is 6.75. The van der Waals surface area contributed by atoms with E-state index in [-0.39, 0.29) is 11.2 Å². The van der Waals surface area contributed by atoms with Crippen LogP contribution in [0.15, 0.2) is 29.1 Å². The molecule has 1 fully saturated rings. The van der Waals surface area contributed by atoms with Crippen LogP contribution in [0.5, 0.6) is 5.75 Å². The normalized spacial score (nSPS) is 16.1. The van der Waals surface area contributed by atoms with Crippen LogP contribution in [-0.4, -0.2) is 11.6 Å². The van der Waals surface area contributed by atoms with Crippen LogP contribution in [0.2, 0.25) is 0 Å². The highest BCUT2D eigenvalue weighted by molar-refractivity contribution is 5.80. The van der Waals surface area contributed by atoms with E-state index in [4.69, 9.17) is 0 Å². The molecule has 1 aliphatic rings. The minimum Gasteiger partial charge on any atom is -0.435 e. The number of aromatic nitrogens is 1. The van der Waals surface area contributed by atoms with Gasteiger partial charge in [-0.3, -0.25) is 4.79 Å². The highest BCUT2D eigenvalue weighted by Gasteiger charge is 2.19. The molecular formula is C15H15F2NO2. The van der Waals surface area contributed by atoms with Gasteiger partial charge in [0.05, 0.1) is 0 Å². The fourth-order valence-electron chi connectivity index (χ4n) is 2.88. The number of rotatable bonds is 3. The SMILES string of the molecule is O=c1cc(C2CCCC2)[nH]c2ccc(OC(F)F)cc12. The number of nitrogens with one attached hydrogen (secondary N) is 1. The van der Waals surface area contributed by atoms with Crippen LogP contribution in [0, 0.1) is 0 Å². The van der Waals surface area contributed by atoms with E-state index in [0.29, 0.717) is 16.8 Å². The highest BCUT2D eigenvalue weighted by Crippen LogP contribution is 2.33. The zero-order valence-electron chi connectivity index (χ0n) is 10.9. The number of alkyl halides is 2. The van der Waals surface area contributed by atoms with Gasteiger partial charge in [-0.15, -0.1) is 0 Å². The maximum Gasteiger partial charge on any atom is 0.387 e. The summed E-state index contributed by atoms with van der Waals surface area (Å²) < 4.78 is 28.7. The molecule has 0 bridgehead atoms. The van der Waals surface area contributed by atoms with Crippen molar-refractivity contribution in [2.45, 2.75) is 38.2 Å². The van der Waals surface area contributed by atoms with E-state index in [0.717, 1.165) is 18.5 Å². The summed E-state index contributed by atoms with van der Waals surface area (Å²) >= 11 is 0. The molecule has 2 aromatic rings. The Morgan fingerprint density at radius 1 is 1.20 bits per heavy atom. The molecule has 0 atom stereocenters. The molecule has 0 saturated heterocycles. The van der Waals surface area contributed by atoms with Crippen molar-refractivity contribution in [3.05, 3.63) is 40.2 Å². The molecule has 3 rings (SSSR count). The molecule has 1 N–H and O–H groups in total. The van der Waals surface area contributed by atoms with E-state index in [1.807, 2.05) is 0 Å². The van der Waals surface area contributed by atoms with Crippen LogP contribution in [0.3, 0.4) is 0 Å². The van der Waals surface area contributed by atoms with Gasteiger partial charge in [-0.25, -0.2) is 0 Å². The summed E-state index contributed by atoms with van der Waals surface area (Å²) in [6.45, 7) is -2.88. The predicted molar refractivity (Wildman–Crippen MR) is 72.4 cm³/mol. The standard InChI is InChI=1S/C15H15F2NO2/c16-15(17)20-10-5-6-12-11(7-10)14(19)8-13(18-12)9-3-1-2-4-9/h5-9,15H,1-4H2,(H,18,19). The van der Waals surface area contributed by atoms with E-state index < -0.39 is 6.61 Å². The lowest BCUT2D eigenvalue weighted by molar-refractivity contribution is -0.0497. The average Bonchev–Trinajstić information content (AvgIpc) is 2.92. The number of benzene rings is 1. The maximum absolute atomic E-state index is 12.2. The van der Waals surface area contributed by atoms with Crippen LogP contribution < -0.4 is 10.2 Å². The topological polar surface area (TPSA) is 42.1 Å². The Balaban J connectivity index is 2.02. The molecule has 0 radical (unpaired) electrons. The zero-order chi connectivity index (χ0) is 14.1. The number of ether oxygens (including phenoxy) is 1. The third-order valence-electron chi connectivity index (χ3n) is 3.84. The summed E-state index contributed by atoms with van der Waals surface area (Å²) in [6.07, 6.45) is 4.56. The van der Waals surface area contributed by atoms with Crippen molar-refractivity contribution < 1.29 is 13.5 Å². The number of fused-ring (bicyclic) bond motifs is 1. The van der Waals surface area contributed by atoms with Crippen molar-refractivity contribution >= 4 is 10.9 Å². The molecule has 0 unspecified atom stereocenters. The molecule has 5 heteroatoms. The Morgan fingerprint density at radius 3 is 2.65 bits per heavy atom. The summed E-state index contributed by atoms with van der Waals surface area (Å²) in [6, 6.07) is 6.01. The van der Waals surface area contributed by atoms with Gasteiger partial charge in [0.15, 0.2) is 5.43 Å². The second-order valence-corrected chi connectivity index (χ2v) is 5.16. The smallest absolute Gasteiger partial charge is 0.387 e. The molecule has 0 spiro atoms. The summed E-state index contributed by atoms with van der Waals surface area (Å²) in [5.74, 6) is 0.413. The molecule has 1 saturated carbocycles. The van der Waals surface area contributed by atoms with Gasteiger partial charge in [0.25, 0.3) is 0 Å². The maximum atomic E-state index is 12.2. The molecule has 3 nitrogen and oxygen atoms in total. The number of halogens is 2. The van der Waals surface area contributed by atoms with Gasteiger partial charge in [0.1, 0.15) is 5.75 Å². The third-order valence-corrected chi connectivity index (χ3v) is 3.84. The lowest BCUT2D eigenvalue weighted by Crippen LogP contribution is -2.08. The Kier molecular flexibility index (Phi) is 3.42. The average molecular weight is 279 g/mol. The Bertz CT molecular complexity index is 675. The van der Waals surface area contributed by atoms with Crippen LogP contribution in [-0.2, 0) is 0 Å². The summed E-state index contributed by atoms with van der Waals surface area (Å²) in [5, 5.41) is 0.380. The summed E-state index contributed by atoms with van der Waals surface area (Å²) in [4.78, 5) is 15.4. The number of aromatic amines is 1. The van der Waals surface area contributed by atoms with Crippen molar-refractivity contribution in [2.24, 2.45) is 0 Å². The van der Waals surface area contributed by atoms with Gasteiger partial charge in [-0.05, 0) is 37.0 Å². The largest absolute Gasteiger partial charge is 0.435 e. The van der Waals surface area contributed by atoms with E-state index >= 15 is 0 Å². The first kappa shape index (κ1) is 13.1. The van der Waals surface area contributed by atoms with Gasteiger partial charge in [-0.2, -0.15) is 8.78 Å². The van der Waals surface area contributed by atoms with Crippen molar-refractivity contribution in [3.63, 3.8) is 0 Å². The minimum absolute atomic E-state index is 0.00613. The van der Waals surface area contributed by atoms with Crippen molar-refractivity contribution in [3.8, 4) is 5.75 Å². The van der Waals surface area contributed by atoms with E-state index in [9.17, 15) is 13.6 Å². The minimum atomic E-state index is -2.88. The number of hydrogen-bond donors (Lipinski definition) is 1. The second kappa shape index (κ2) is 5.23. The van der Waals surface area contributed by atoms with Crippen LogP contribution >= 0.6 is 0 Å². The van der Waals surface area contributed by atoms with Crippen molar-refractivity contribution in [2.75, 3.05) is 0 Å². The quantitative estimate of drug-likeness (QED) is 0.928. The Morgan fingerprint density at radius 2 is 1.95 bits per heavy atom. The molecule has 1 aliphatic carbocycles. The third kappa shape index (κ3) is 2.53. The number of pyridine rings is 1. The first-order chi connectivity index (χ1) is 9.63. The summed E-state index contributed by atoms with van der Waals surface area (Å²) in [7, 11) is 0. The van der Waals surface area contributed by atoms with Gasteiger partial charge in [0, 0.05) is 22.7 Å². The van der Waals surface area contributed by atoms with Crippen LogP contribution in [0.1, 0.15) is 37.3 Å². The molecule has 0 aliphatic heterocycles. The molecule has 0 amide bonds. The van der Waals surface area contributed by atoms with Crippen molar-refractivity contribution in [1.82, 2.24) is 4.98 Å². The lowest BCUT2D eigenvalue weighted by atomic mass is 10.0. The monoisotopic (exact) mass is 279 g/mol. The zero-order valence-corrected chi connectivity index (χ0v) is 10.9. The molecule has 20 heavy (non-hydrogen) atoms. The van der Waals surface area contributed by atoms with E-state index in [1.165, 1.54) is 25.0 Å². The predicted octanol–water partition coefficient (Wildman–Crippen LogP) is 3.79. The fourth-order valence-corrected chi connectivity index (χ4v) is 2.88. The van der Waals surface area contributed by atoms with E-state index in [2.05, 4.69) is 9.72 Å². The van der Waals surface area contributed by atoms with Gasteiger partial charge >= 0.3 is 6.61 Å². The Hall–Kier alpha value is -1.91. The highest BCUT2D eigenvalue weighted by atomic mass is 19.3. The van der Waals surface area contributed by atoms with Gasteiger partial charge in [0.2, 0.25) is 0 Å². The lowest BCUT2D eigenvalue weighted by Gasteiger charge is -2.11. The van der Waals surface area contributed by atoms with Gasteiger partial charge in [-0.1, -0.05) is 12.8 Å². The fraction of sp³-hybridized carbons (Fsp3) is 0.400. The second-order valence-electron chi connectivity index (χ2n) is 5.16. The number of hydrogen-bond acceptors (Lipinski definition) is 2. The molecule has 1 aromatic carbocycles. The van der Waals surface area contributed by atoms with Crippen LogP contribution in [0.4, 0.5) is 8.78 Å². The van der Waals surface area contributed by atoms with Crippen molar-refractivity contribution in [1.29, 1.82) is 0 Å². The molecule has 1 aromatic heterocycles. The first-order valence-electron chi connectivity index (χ1n) is 6.75. The summed E-state index contributed by atoms with van der Waals surface area (Å²) in [5.41, 5.74) is 1.46. The van der Waals surface area contributed by atoms with Gasteiger partial charge < -0.3 is 9.72 Å². The van der Waals surface area contributed by atoms with Crippen LogP contribution in [0.25, 0.3) is 10.9 Å². The molecule has 1 heterocycles. The Labute approximate surface area is 114 Å². The number of H-pyrrole nitrogens is 1.